The molecule has 1 aliphatic heterocycles. The summed E-state index contributed by atoms with van der Waals surface area (Å²) in [6, 6.07) is 7.64. The summed E-state index contributed by atoms with van der Waals surface area (Å²) < 4.78 is 0. The van der Waals surface area contributed by atoms with Gasteiger partial charge in [-0.15, -0.1) is 11.3 Å². The minimum Gasteiger partial charge on any atom is -0.331 e. The third kappa shape index (κ3) is 3.22. The van der Waals surface area contributed by atoms with Gasteiger partial charge in [0.15, 0.2) is 0 Å². The Kier molecular flexibility index (Phi) is 4.59. The van der Waals surface area contributed by atoms with Crippen molar-refractivity contribution in [2.24, 2.45) is 5.92 Å². The Balaban J connectivity index is 1.68. The van der Waals surface area contributed by atoms with Gasteiger partial charge < -0.3 is 4.90 Å². The molecular formula is C19H19Cl2NOS. The summed E-state index contributed by atoms with van der Waals surface area (Å²) in [4.78, 5) is 16.3. The molecule has 0 saturated heterocycles. The van der Waals surface area contributed by atoms with E-state index in [1.165, 1.54) is 23.3 Å². The van der Waals surface area contributed by atoms with Gasteiger partial charge in [0.2, 0.25) is 5.91 Å². The number of rotatable bonds is 4. The molecule has 4 rings (SSSR count). The Hall–Kier alpha value is -1.03. The van der Waals surface area contributed by atoms with Crippen molar-refractivity contribution in [1.82, 2.24) is 4.90 Å². The summed E-state index contributed by atoms with van der Waals surface area (Å²) in [6.07, 6.45) is 5.17. The molecule has 2 heterocycles. The number of halogens is 2. The second-order valence-corrected chi connectivity index (χ2v) is 8.53. The molecule has 1 saturated carbocycles. The van der Waals surface area contributed by atoms with Crippen LogP contribution in [0.4, 0.5) is 0 Å². The molecule has 1 unspecified atom stereocenters. The Morgan fingerprint density at radius 3 is 2.79 bits per heavy atom. The maximum absolute atomic E-state index is 12.9. The predicted molar refractivity (Wildman–Crippen MR) is 100.0 cm³/mol. The second kappa shape index (κ2) is 6.70. The van der Waals surface area contributed by atoms with Gasteiger partial charge in [0, 0.05) is 27.9 Å². The zero-order valence-corrected chi connectivity index (χ0v) is 15.6. The summed E-state index contributed by atoms with van der Waals surface area (Å²) in [5.41, 5.74) is 2.19. The molecule has 0 spiro atoms. The lowest BCUT2D eigenvalue weighted by molar-refractivity contribution is -0.133. The van der Waals surface area contributed by atoms with Crippen LogP contribution < -0.4 is 0 Å². The molecule has 2 nitrogen and oxygen atoms in total. The van der Waals surface area contributed by atoms with E-state index in [1.54, 1.807) is 17.4 Å². The molecule has 24 heavy (non-hydrogen) atoms. The maximum Gasteiger partial charge on any atom is 0.223 e. The van der Waals surface area contributed by atoms with E-state index in [4.69, 9.17) is 23.2 Å². The van der Waals surface area contributed by atoms with Crippen LogP contribution in [0.2, 0.25) is 10.0 Å². The number of fused-ring (bicyclic) bond motifs is 1. The zero-order valence-electron chi connectivity index (χ0n) is 13.3. The molecule has 0 N–H and O–H groups in total. The van der Waals surface area contributed by atoms with Crippen molar-refractivity contribution >= 4 is 40.4 Å². The van der Waals surface area contributed by atoms with Crippen molar-refractivity contribution < 1.29 is 4.79 Å². The number of amides is 1. The van der Waals surface area contributed by atoms with Crippen LogP contribution in [0.1, 0.15) is 47.7 Å². The molecule has 1 aliphatic carbocycles. The Bertz CT molecular complexity index is 768. The minimum absolute atomic E-state index is 0.0866. The number of carbonyl (C=O) groups is 1. The molecular weight excluding hydrogens is 361 g/mol. The van der Waals surface area contributed by atoms with Crippen molar-refractivity contribution in [1.29, 1.82) is 0 Å². The topological polar surface area (TPSA) is 20.3 Å². The fourth-order valence-corrected chi connectivity index (χ4v) is 4.94. The Morgan fingerprint density at radius 1 is 1.21 bits per heavy atom. The van der Waals surface area contributed by atoms with Crippen LogP contribution in [-0.4, -0.2) is 17.4 Å². The van der Waals surface area contributed by atoms with Crippen molar-refractivity contribution in [2.45, 2.75) is 38.1 Å². The van der Waals surface area contributed by atoms with Crippen molar-refractivity contribution in [3.05, 3.63) is 55.7 Å². The molecule has 1 amide bonds. The third-order valence-electron chi connectivity index (χ3n) is 5.01. The molecule has 1 aromatic carbocycles. The third-order valence-corrected chi connectivity index (χ3v) is 6.57. The second-order valence-electron chi connectivity index (χ2n) is 6.69. The van der Waals surface area contributed by atoms with Crippen molar-refractivity contribution in [2.75, 3.05) is 6.54 Å². The highest BCUT2D eigenvalue weighted by Gasteiger charge is 2.34. The van der Waals surface area contributed by atoms with E-state index in [-0.39, 0.29) is 11.9 Å². The summed E-state index contributed by atoms with van der Waals surface area (Å²) >= 11 is 14.3. The highest BCUT2D eigenvalue weighted by molar-refractivity contribution is 7.10. The largest absolute Gasteiger partial charge is 0.331 e. The zero-order chi connectivity index (χ0) is 16.7. The summed E-state index contributed by atoms with van der Waals surface area (Å²) in [7, 11) is 0. The van der Waals surface area contributed by atoms with Crippen molar-refractivity contribution in [3.63, 3.8) is 0 Å². The predicted octanol–water partition coefficient (Wildman–Crippen LogP) is 5.72. The number of carbonyl (C=O) groups excluding carboxylic acids is 1. The van der Waals surface area contributed by atoms with E-state index in [0.717, 1.165) is 30.9 Å². The SMILES string of the molecule is O=C(CCC1CC1)N1CCc2sccc2C1c1ccc(Cl)cc1Cl. The van der Waals surface area contributed by atoms with Gasteiger partial charge in [0.25, 0.3) is 0 Å². The number of nitrogens with zero attached hydrogens (tertiary/aromatic N) is 1. The fourth-order valence-electron chi connectivity index (χ4n) is 3.52. The molecule has 2 aromatic rings. The molecule has 1 fully saturated rings. The first-order chi connectivity index (χ1) is 11.6. The standard InChI is InChI=1S/C19H19Cl2NOS/c20-13-4-5-14(16(21)11-13)19-15-8-10-24-17(15)7-9-22(19)18(23)6-3-12-1-2-12/h4-5,8,10-12,19H,1-3,6-7,9H2. The van der Waals surface area contributed by atoms with E-state index >= 15 is 0 Å². The number of hydrogen-bond acceptors (Lipinski definition) is 2. The summed E-state index contributed by atoms with van der Waals surface area (Å²) in [5, 5.41) is 3.36. The molecule has 1 aromatic heterocycles. The van der Waals surface area contributed by atoms with Gasteiger partial charge in [-0.05, 0) is 53.5 Å². The van der Waals surface area contributed by atoms with Crippen LogP contribution in [0, 0.1) is 5.92 Å². The van der Waals surface area contributed by atoms with Crippen LogP contribution in [0.25, 0.3) is 0 Å². The number of hydrogen-bond donors (Lipinski definition) is 0. The van der Waals surface area contributed by atoms with Gasteiger partial charge in [-0.1, -0.05) is 42.1 Å². The van der Waals surface area contributed by atoms with Crippen LogP contribution in [-0.2, 0) is 11.2 Å². The summed E-state index contributed by atoms with van der Waals surface area (Å²) in [6.45, 7) is 0.765. The van der Waals surface area contributed by atoms with E-state index in [2.05, 4.69) is 11.4 Å². The average molecular weight is 380 g/mol. The molecule has 0 radical (unpaired) electrons. The first kappa shape index (κ1) is 16.4. The monoisotopic (exact) mass is 379 g/mol. The van der Waals surface area contributed by atoms with Gasteiger partial charge in [0.1, 0.15) is 0 Å². The normalized spacial score (nSPS) is 20.1. The Labute approximate surface area is 156 Å². The molecule has 1 atom stereocenters. The summed E-state index contributed by atoms with van der Waals surface area (Å²) in [5.74, 6) is 1.02. The van der Waals surface area contributed by atoms with Crippen LogP contribution in [0.15, 0.2) is 29.6 Å². The smallest absolute Gasteiger partial charge is 0.223 e. The van der Waals surface area contributed by atoms with Crippen LogP contribution >= 0.6 is 34.5 Å². The van der Waals surface area contributed by atoms with E-state index in [0.29, 0.717) is 16.5 Å². The molecule has 0 bridgehead atoms. The highest BCUT2D eigenvalue weighted by Crippen LogP contribution is 2.42. The van der Waals surface area contributed by atoms with Crippen LogP contribution in [0.5, 0.6) is 0 Å². The Morgan fingerprint density at radius 2 is 2.04 bits per heavy atom. The van der Waals surface area contributed by atoms with E-state index in [1.807, 2.05) is 17.0 Å². The quantitative estimate of drug-likeness (QED) is 0.664. The number of benzene rings is 1. The highest BCUT2D eigenvalue weighted by atomic mass is 35.5. The van der Waals surface area contributed by atoms with Crippen molar-refractivity contribution in [3.8, 4) is 0 Å². The molecule has 2 aliphatic rings. The lowest BCUT2D eigenvalue weighted by Crippen LogP contribution is -2.40. The maximum atomic E-state index is 12.9. The van der Waals surface area contributed by atoms with Gasteiger partial charge in [-0.25, -0.2) is 0 Å². The molecule has 126 valence electrons. The average Bonchev–Trinajstić information content (AvgIpc) is 3.27. The fraction of sp³-hybridized carbons (Fsp3) is 0.421. The van der Waals surface area contributed by atoms with Gasteiger partial charge in [-0.3, -0.25) is 4.79 Å². The number of thiophene rings is 1. The lowest BCUT2D eigenvalue weighted by atomic mass is 9.92. The first-order valence-corrected chi connectivity index (χ1v) is 10.1. The van der Waals surface area contributed by atoms with Gasteiger partial charge >= 0.3 is 0 Å². The lowest BCUT2D eigenvalue weighted by Gasteiger charge is -2.37. The van der Waals surface area contributed by atoms with E-state index < -0.39 is 0 Å². The molecule has 5 heteroatoms. The van der Waals surface area contributed by atoms with E-state index in [9.17, 15) is 4.79 Å². The van der Waals surface area contributed by atoms with Gasteiger partial charge in [0.05, 0.1) is 6.04 Å². The van der Waals surface area contributed by atoms with Gasteiger partial charge in [-0.2, -0.15) is 0 Å². The minimum atomic E-state index is -0.0866. The first-order valence-electron chi connectivity index (χ1n) is 8.44. The van der Waals surface area contributed by atoms with Crippen LogP contribution in [0.3, 0.4) is 0 Å².